The topological polar surface area (TPSA) is 49.5 Å². The van der Waals surface area contributed by atoms with Gasteiger partial charge in [0.25, 0.3) is 0 Å². The molecule has 0 spiro atoms. The van der Waals surface area contributed by atoms with E-state index in [1.54, 1.807) is 0 Å². The van der Waals surface area contributed by atoms with Gasteiger partial charge in [-0.25, -0.2) is 0 Å². The van der Waals surface area contributed by atoms with Gasteiger partial charge in [-0.2, -0.15) is 13.2 Å². The zero-order chi connectivity index (χ0) is 15.5. The third-order valence-corrected chi connectivity index (χ3v) is 3.97. The lowest BCUT2D eigenvalue weighted by atomic mass is 10.0. The lowest BCUT2D eigenvalue weighted by Gasteiger charge is -2.30. The lowest BCUT2D eigenvalue weighted by molar-refractivity contribution is -0.178. The van der Waals surface area contributed by atoms with Crippen molar-refractivity contribution in [3.63, 3.8) is 0 Å². The van der Waals surface area contributed by atoms with Gasteiger partial charge in [0.1, 0.15) is 6.04 Å². The van der Waals surface area contributed by atoms with Gasteiger partial charge in [0.15, 0.2) is 0 Å². The van der Waals surface area contributed by atoms with Crippen LogP contribution in [0.4, 0.5) is 13.2 Å². The molecule has 1 aliphatic rings. The third-order valence-electron chi connectivity index (χ3n) is 3.97. The van der Waals surface area contributed by atoms with Crippen molar-refractivity contribution in [3.8, 4) is 0 Å². The average Bonchev–Trinajstić information content (AvgIpc) is 2.88. The van der Waals surface area contributed by atoms with E-state index in [9.17, 15) is 18.3 Å². The molecule has 1 aromatic carbocycles. The van der Waals surface area contributed by atoms with Crippen LogP contribution in [-0.2, 0) is 6.42 Å². The van der Waals surface area contributed by atoms with Crippen LogP contribution in [0.15, 0.2) is 30.3 Å². The molecule has 0 saturated carbocycles. The van der Waals surface area contributed by atoms with Gasteiger partial charge in [0.2, 0.25) is 0 Å². The van der Waals surface area contributed by atoms with E-state index < -0.39 is 24.4 Å². The Kier molecular flexibility index (Phi) is 9.47. The maximum atomic E-state index is 12.9. The highest BCUT2D eigenvalue weighted by Gasteiger charge is 2.46. The second-order valence-corrected chi connectivity index (χ2v) is 5.62. The van der Waals surface area contributed by atoms with Gasteiger partial charge in [-0.15, -0.1) is 24.8 Å². The van der Waals surface area contributed by atoms with Crippen molar-refractivity contribution in [1.29, 1.82) is 0 Å². The van der Waals surface area contributed by atoms with E-state index in [-0.39, 0.29) is 37.8 Å². The molecule has 3 nitrogen and oxygen atoms in total. The summed E-state index contributed by atoms with van der Waals surface area (Å²) in [4.78, 5) is 1.30. The highest BCUT2D eigenvalue weighted by atomic mass is 35.5. The molecule has 23 heavy (non-hydrogen) atoms. The Morgan fingerprint density at radius 3 is 2.39 bits per heavy atom. The SMILES string of the molecule is Cl.Cl.N[C@@H](Cc1ccccc1)[C@H](O)CN1CCC[C@H]1C(F)(F)F. The number of benzene rings is 1. The van der Waals surface area contributed by atoms with E-state index in [2.05, 4.69) is 0 Å². The molecule has 2 rings (SSSR count). The number of rotatable bonds is 5. The van der Waals surface area contributed by atoms with Crippen LogP contribution in [0, 0.1) is 0 Å². The summed E-state index contributed by atoms with van der Waals surface area (Å²) in [7, 11) is 0. The van der Waals surface area contributed by atoms with E-state index in [0.717, 1.165) is 5.56 Å². The van der Waals surface area contributed by atoms with E-state index in [0.29, 0.717) is 19.4 Å². The minimum absolute atomic E-state index is 0. The van der Waals surface area contributed by atoms with Crippen molar-refractivity contribution >= 4 is 24.8 Å². The molecule has 1 saturated heterocycles. The van der Waals surface area contributed by atoms with Crippen LogP contribution in [0.3, 0.4) is 0 Å². The van der Waals surface area contributed by atoms with Crippen molar-refractivity contribution in [2.45, 2.75) is 43.6 Å². The Labute approximate surface area is 146 Å². The summed E-state index contributed by atoms with van der Waals surface area (Å²) < 4.78 is 38.6. The zero-order valence-corrected chi connectivity index (χ0v) is 14.2. The highest BCUT2D eigenvalue weighted by molar-refractivity contribution is 5.85. The van der Waals surface area contributed by atoms with Gasteiger partial charge in [-0.3, -0.25) is 4.90 Å². The number of alkyl halides is 3. The maximum absolute atomic E-state index is 12.9. The average molecular weight is 375 g/mol. The van der Waals surface area contributed by atoms with Crippen molar-refractivity contribution in [2.75, 3.05) is 13.1 Å². The van der Waals surface area contributed by atoms with Crippen molar-refractivity contribution in [3.05, 3.63) is 35.9 Å². The molecule has 0 bridgehead atoms. The molecule has 0 unspecified atom stereocenters. The zero-order valence-electron chi connectivity index (χ0n) is 12.6. The van der Waals surface area contributed by atoms with E-state index in [4.69, 9.17) is 5.73 Å². The number of hydrogen-bond donors (Lipinski definition) is 2. The Bertz CT molecular complexity index is 448. The number of aliphatic hydroxyl groups excluding tert-OH is 1. The number of halogens is 5. The number of nitrogens with two attached hydrogens (primary N) is 1. The third kappa shape index (κ3) is 6.47. The molecule has 0 amide bonds. The van der Waals surface area contributed by atoms with Crippen LogP contribution in [-0.4, -0.2) is 47.5 Å². The van der Waals surface area contributed by atoms with Crippen LogP contribution in [0.5, 0.6) is 0 Å². The molecule has 134 valence electrons. The molecule has 3 N–H and O–H groups in total. The van der Waals surface area contributed by atoms with Crippen LogP contribution in [0.2, 0.25) is 0 Å². The Hall–Kier alpha value is -0.530. The number of β-amino-alcohol motifs (C(OH)–C–C–N with tert-alkyl or cyclic N) is 1. The number of hydrogen-bond acceptors (Lipinski definition) is 3. The minimum Gasteiger partial charge on any atom is -0.390 e. The van der Waals surface area contributed by atoms with Gasteiger partial charge >= 0.3 is 6.18 Å². The Morgan fingerprint density at radius 2 is 1.83 bits per heavy atom. The van der Waals surface area contributed by atoms with Gasteiger partial charge < -0.3 is 10.8 Å². The minimum atomic E-state index is -4.24. The van der Waals surface area contributed by atoms with Crippen LogP contribution in [0.1, 0.15) is 18.4 Å². The Morgan fingerprint density at radius 1 is 1.22 bits per heavy atom. The van der Waals surface area contributed by atoms with Gasteiger partial charge in [0, 0.05) is 12.6 Å². The summed E-state index contributed by atoms with van der Waals surface area (Å²) in [6.45, 7) is 0.331. The summed E-state index contributed by atoms with van der Waals surface area (Å²) in [6.07, 6.45) is -4.14. The van der Waals surface area contributed by atoms with Gasteiger partial charge in [0.05, 0.1) is 6.10 Å². The standard InChI is InChI=1S/C15H21F3N2O.2ClH/c16-15(17,18)14-7-4-8-20(14)10-13(21)12(19)9-11-5-2-1-3-6-11;;/h1-3,5-6,12-14,21H,4,7-10,19H2;2*1H/t12-,13+,14-;;/m0../s1. The first-order chi connectivity index (χ1) is 9.88. The van der Waals surface area contributed by atoms with Gasteiger partial charge in [-0.05, 0) is 31.4 Å². The highest BCUT2D eigenvalue weighted by Crippen LogP contribution is 2.32. The molecule has 1 aromatic rings. The first-order valence-electron chi connectivity index (χ1n) is 7.16. The van der Waals surface area contributed by atoms with E-state index >= 15 is 0 Å². The first-order valence-corrected chi connectivity index (χ1v) is 7.16. The molecule has 0 radical (unpaired) electrons. The first kappa shape index (κ1) is 22.5. The number of nitrogens with zero attached hydrogens (tertiary/aromatic N) is 1. The quantitative estimate of drug-likeness (QED) is 0.832. The van der Waals surface area contributed by atoms with Gasteiger partial charge in [-0.1, -0.05) is 30.3 Å². The Balaban J connectivity index is 0.00000242. The smallest absolute Gasteiger partial charge is 0.390 e. The van der Waals surface area contributed by atoms with E-state index in [1.165, 1.54) is 4.90 Å². The fourth-order valence-corrected chi connectivity index (χ4v) is 2.81. The van der Waals surface area contributed by atoms with Crippen LogP contribution < -0.4 is 5.73 Å². The molecule has 1 fully saturated rings. The molecule has 3 atom stereocenters. The number of aliphatic hydroxyl groups is 1. The number of likely N-dealkylation sites (tertiary alicyclic amines) is 1. The largest absolute Gasteiger partial charge is 0.404 e. The summed E-state index contributed by atoms with van der Waals surface area (Å²) >= 11 is 0. The van der Waals surface area contributed by atoms with Crippen molar-refractivity contribution < 1.29 is 18.3 Å². The monoisotopic (exact) mass is 374 g/mol. The maximum Gasteiger partial charge on any atom is 0.404 e. The molecule has 1 aliphatic heterocycles. The fraction of sp³-hybridized carbons (Fsp3) is 0.600. The summed E-state index contributed by atoms with van der Waals surface area (Å²) in [5.74, 6) is 0. The fourth-order valence-electron chi connectivity index (χ4n) is 2.81. The summed E-state index contributed by atoms with van der Waals surface area (Å²) in [5.41, 5.74) is 6.89. The van der Waals surface area contributed by atoms with Crippen LogP contribution >= 0.6 is 24.8 Å². The summed E-state index contributed by atoms with van der Waals surface area (Å²) in [5, 5.41) is 10.1. The predicted molar refractivity (Wildman–Crippen MR) is 89.3 cm³/mol. The second-order valence-electron chi connectivity index (χ2n) is 5.62. The lowest BCUT2D eigenvalue weighted by Crippen LogP contribution is -2.49. The van der Waals surface area contributed by atoms with E-state index in [1.807, 2.05) is 30.3 Å². The second kappa shape index (κ2) is 9.69. The predicted octanol–water partition coefficient (Wildman–Crippen LogP) is 2.79. The summed E-state index contributed by atoms with van der Waals surface area (Å²) in [6, 6.07) is 7.38. The van der Waals surface area contributed by atoms with Crippen LogP contribution in [0.25, 0.3) is 0 Å². The normalized spacial score (nSPS) is 21.2. The van der Waals surface area contributed by atoms with Crippen molar-refractivity contribution in [1.82, 2.24) is 4.90 Å². The molecule has 0 aliphatic carbocycles. The molecule has 0 aromatic heterocycles. The van der Waals surface area contributed by atoms with Crippen molar-refractivity contribution in [2.24, 2.45) is 5.73 Å². The molecule has 1 heterocycles. The molecular formula is C15H23Cl2F3N2O. The molecular weight excluding hydrogens is 352 g/mol. The molecule has 8 heteroatoms.